The Labute approximate surface area is 210 Å². The molecule has 0 aliphatic carbocycles. The van der Waals surface area contributed by atoms with E-state index in [9.17, 15) is 4.79 Å². The fourth-order valence-electron chi connectivity index (χ4n) is 4.34. The number of nitrogens with one attached hydrogen (secondary N) is 1. The maximum absolute atomic E-state index is 12.9. The number of pyridine rings is 1. The fourth-order valence-corrected chi connectivity index (χ4v) is 4.47. The number of hydrogen-bond donors (Lipinski definition) is 1. The molecule has 1 amide bonds. The molecule has 0 unspecified atom stereocenters. The highest BCUT2D eigenvalue weighted by molar-refractivity contribution is 6.30. The van der Waals surface area contributed by atoms with Crippen molar-refractivity contribution in [3.8, 4) is 22.4 Å². The molecule has 0 bridgehead atoms. The van der Waals surface area contributed by atoms with Gasteiger partial charge in [-0.25, -0.2) is 4.98 Å². The minimum absolute atomic E-state index is 0.0116. The molecule has 0 aliphatic heterocycles. The predicted molar refractivity (Wildman–Crippen MR) is 142 cm³/mol. The van der Waals surface area contributed by atoms with Gasteiger partial charge in [0.1, 0.15) is 5.65 Å². The number of halogens is 1. The van der Waals surface area contributed by atoms with Crippen molar-refractivity contribution in [2.45, 2.75) is 25.8 Å². The highest BCUT2D eigenvalue weighted by Crippen LogP contribution is 2.29. The summed E-state index contributed by atoms with van der Waals surface area (Å²) in [5, 5.41) is 3.80. The first kappa shape index (κ1) is 22.9. The van der Waals surface area contributed by atoms with Crippen molar-refractivity contribution in [2.75, 3.05) is 0 Å². The summed E-state index contributed by atoms with van der Waals surface area (Å²) in [6, 6.07) is 32.0. The first-order valence-electron chi connectivity index (χ1n) is 11.7. The number of aromatic nitrogens is 2. The molecule has 0 radical (unpaired) electrons. The topological polar surface area (TPSA) is 46.4 Å². The van der Waals surface area contributed by atoms with Gasteiger partial charge in [-0.05, 0) is 54.3 Å². The first-order chi connectivity index (χ1) is 17.1. The third kappa shape index (κ3) is 5.13. The normalized spacial score (nSPS) is 11.9. The third-order valence-electron chi connectivity index (χ3n) is 6.21. The number of nitrogens with zero attached hydrogens (tertiary/aromatic N) is 2. The minimum Gasteiger partial charge on any atom is -0.350 e. The number of rotatable bonds is 7. The summed E-state index contributed by atoms with van der Waals surface area (Å²) in [6.45, 7) is 2.01. The van der Waals surface area contributed by atoms with E-state index in [1.807, 2.05) is 85.8 Å². The third-order valence-corrected chi connectivity index (χ3v) is 6.46. The average molecular weight is 480 g/mol. The molecule has 0 aliphatic rings. The zero-order valence-electron chi connectivity index (χ0n) is 19.5. The van der Waals surface area contributed by atoms with Crippen LogP contribution in [0.4, 0.5) is 0 Å². The summed E-state index contributed by atoms with van der Waals surface area (Å²) in [6.07, 6.45) is 3.03. The zero-order valence-corrected chi connectivity index (χ0v) is 20.2. The van der Waals surface area contributed by atoms with Gasteiger partial charge < -0.3 is 9.72 Å². The van der Waals surface area contributed by atoms with Gasteiger partial charge in [0.25, 0.3) is 0 Å². The molecule has 4 nitrogen and oxygen atoms in total. The van der Waals surface area contributed by atoms with Crippen molar-refractivity contribution in [3.05, 3.63) is 120 Å². The second-order valence-electron chi connectivity index (χ2n) is 8.63. The first-order valence-corrected chi connectivity index (χ1v) is 12.1. The molecule has 0 spiro atoms. The molecule has 5 heteroatoms. The Morgan fingerprint density at radius 3 is 2.23 bits per heavy atom. The summed E-state index contributed by atoms with van der Waals surface area (Å²) < 4.78 is 2.11. The molecule has 3 aromatic carbocycles. The smallest absolute Gasteiger partial charge is 0.220 e. The van der Waals surface area contributed by atoms with E-state index in [0.29, 0.717) is 17.9 Å². The summed E-state index contributed by atoms with van der Waals surface area (Å²) >= 11 is 6.13. The number of benzene rings is 3. The van der Waals surface area contributed by atoms with E-state index in [2.05, 4.69) is 34.1 Å². The van der Waals surface area contributed by atoms with E-state index in [0.717, 1.165) is 39.3 Å². The van der Waals surface area contributed by atoms with E-state index in [-0.39, 0.29) is 11.9 Å². The fraction of sp³-hybridized carbons (Fsp3) is 0.133. The number of imidazole rings is 1. The number of carbonyl (C=O) groups is 1. The lowest BCUT2D eigenvalue weighted by atomic mass is 10.1. The van der Waals surface area contributed by atoms with E-state index < -0.39 is 0 Å². The summed E-state index contributed by atoms with van der Waals surface area (Å²) in [5.41, 5.74) is 7.02. The van der Waals surface area contributed by atoms with E-state index in [4.69, 9.17) is 16.6 Å². The van der Waals surface area contributed by atoms with Crippen LogP contribution in [0.1, 0.15) is 30.6 Å². The summed E-state index contributed by atoms with van der Waals surface area (Å²) in [4.78, 5) is 17.8. The Hall–Kier alpha value is -3.89. The van der Waals surface area contributed by atoms with Gasteiger partial charge in [0.15, 0.2) is 0 Å². The van der Waals surface area contributed by atoms with Crippen LogP contribution in [0.3, 0.4) is 0 Å². The van der Waals surface area contributed by atoms with Crippen LogP contribution in [0.25, 0.3) is 28.0 Å². The van der Waals surface area contributed by atoms with Crippen LogP contribution in [0, 0.1) is 0 Å². The molecule has 1 N–H and O–H groups in total. The van der Waals surface area contributed by atoms with Gasteiger partial charge in [-0.3, -0.25) is 4.79 Å². The zero-order chi connectivity index (χ0) is 24.2. The molecule has 5 aromatic rings. The van der Waals surface area contributed by atoms with Crippen LogP contribution in [0.2, 0.25) is 5.02 Å². The predicted octanol–water partition coefficient (Wildman–Crippen LogP) is 7.13. The SMILES string of the molecule is C[C@H](NC(=O)CCc1c(-c2ccc(Cl)cc2)nc2ccc(-c3ccccc3)cn12)c1ccccc1. The molecule has 5 rings (SSSR count). The lowest BCUT2D eigenvalue weighted by Crippen LogP contribution is -2.26. The van der Waals surface area contributed by atoms with E-state index >= 15 is 0 Å². The Morgan fingerprint density at radius 1 is 0.857 bits per heavy atom. The van der Waals surface area contributed by atoms with Crippen LogP contribution in [0.5, 0.6) is 0 Å². The Balaban J connectivity index is 1.46. The molecule has 1 atom stereocenters. The summed E-state index contributed by atoms with van der Waals surface area (Å²) in [5.74, 6) is 0.0116. The maximum Gasteiger partial charge on any atom is 0.220 e. The molecular formula is C30H26ClN3O. The van der Waals surface area contributed by atoms with Gasteiger partial charge in [0.2, 0.25) is 5.91 Å². The number of fused-ring (bicyclic) bond motifs is 1. The number of hydrogen-bond acceptors (Lipinski definition) is 2. The maximum atomic E-state index is 12.9. The molecule has 0 saturated carbocycles. The standard InChI is InChI=1S/C30H26ClN3O/c1-21(22-8-4-2-5-9-22)32-29(35)19-17-27-30(24-12-15-26(31)16-13-24)33-28-18-14-25(20-34(27)28)23-10-6-3-7-11-23/h2-16,18,20-21H,17,19H2,1H3,(H,32,35)/t21-/m0/s1. The van der Waals surface area contributed by atoms with Crippen LogP contribution in [-0.2, 0) is 11.2 Å². The molecule has 174 valence electrons. The molecular weight excluding hydrogens is 454 g/mol. The van der Waals surface area contributed by atoms with Gasteiger partial charge in [-0.1, -0.05) is 84.4 Å². The molecule has 0 saturated heterocycles. The van der Waals surface area contributed by atoms with Gasteiger partial charge in [0.05, 0.1) is 17.4 Å². The van der Waals surface area contributed by atoms with Gasteiger partial charge >= 0.3 is 0 Å². The number of aryl methyl sites for hydroxylation is 1. The second kappa shape index (κ2) is 10.2. The monoisotopic (exact) mass is 479 g/mol. The quantitative estimate of drug-likeness (QED) is 0.270. The highest BCUT2D eigenvalue weighted by atomic mass is 35.5. The Morgan fingerprint density at radius 2 is 1.51 bits per heavy atom. The van der Waals surface area contributed by atoms with Crippen molar-refractivity contribution >= 4 is 23.2 Å². The van der Waals surface area contributed by atoms with Crippen LogP contribution in [0.15, 0.2) is 103 Å². The van der Waals surface area contributed by atoms with Crippen LogP contribution < -0.4 is 5.32 Å². The van der Waals surface area contributed by atoms with Gasteiger partial charge in [0, 0.05) is 23.2 Å². The van der Waals surface area contributed by atoms with Crippen molar-refractivity contribution in [2.24, 2.45) is 0 Å². The molecule has 35 heavy (non-hydrogen) atoms. The van der Waals surface area contributed by atoms with Crippen LogP contribution >= 0.6 is 11.6 Å². The van der Waals surface area contributed by atoms with Crippen LogP contribution in [-0.4, -0.2) is 15.3 Å². The van der Waals surface area contributed by atoms with E-state index in [1.165, 1.54) is 0 Å². The van der Waals surface area contributed by atoms with Gasteiger partial charge in [-0.2, -0.15) is 0 Å². The van der Waals surface area contributed by atoms with Gasteiger partial charge in [-0.15, -0.1) is 0 Å². The highest BCUT2D eigenvalue weighted by Gasteiger charge is 2.17. The largest absolute Gasteiger partial charge is 0.350 e. The molecule has 0 fully saturated rings. The van der Waals surface area contributed by atoms with Crippen molar-refractivity contribution < 1.29 is 4.79 Å². The second-order valence-corrected chi connectivity index (χ2v) is 9.06. The van der Waals surface area contributed by atoms with E-state index in [1.54, 1.807) is 0 Å². The lowest BCUT2D eigenvalue weighted by molar-refractivity contribution is -0.121. The summed E-state index contributed by atoms with van der Waals surface area (Å²) in [7, 11) is 0. The van der Waals surface area contributed by atoms with Crippen molar-refractivity contribution in [1.29, 1.82) is 0 Å². The molecule has 2 aromatic heterocycles. The van der Waals surface area contributed by atoms with Crippen molar-refractivity contribution in [3.63, 3.8) is 0 Å². The minimum atomic E-state index is -0.0497. The number of amides is 1. The molecule has 2 heterocycles. The average Bonchev–Trinajstić information content (AvgIpc) is 3.26. The lowest BCUT2D eigenvalue weighted by Gasteiger charge is -2.14. The Kier molecular flexibility index (Phi) is 6.64. The Bertz CT molecular complexity index is 1440. The number of carbonyl (C=O) groups excluding carboxylic acids is 1. The van der Waals surface area contributed by atoms with Crippen molar-refractivity contribution in [1.82, 2.24) is 14.7 Å².